The molecule has 3 heterocycles. The van der Waals surface area contributed by atoms with E-state index in [1.54, 1.807) is 18.4 Å². The molecule has 2 amide bonds. The largest absolute Gasteiger partial charge is 0.335 e. The van der Waals surface area contributed by atoms with Gasteiger partial charge in [-0.3, -0.25) is 14.5 Å². The van der Waals surface area contributed by atoms with Crippen molar-refractivity contribution in [1.29, 1.82) is 0 Å². The van der Waals surface area contributed by atoms with Crippen LogP contribution in [0.1, 0.15) is 18.5 Å². The Morgan fingerprint density at radius 2 is 2.05 bits per heavy atom. The maximum Gasteiger partial charge on any atom is 0.270 e. The lowest BCUT2D eigenvalue weighted by Crippen LogP contribution is -2.51. The van der Waals surface area contributed by atoms with Gasteiger partial charge in [0.1, 0.15) is 5.71 Å². The molecule has 22 heavy (non-hydrogen) atoms. The first kappa shape index (κ1) is 15.1. The Morgan fingerprint density at radius 3 is 2.68 bits per heavy atom. The van der Waals surface area contributed by atoms with E-state index >= 15 is 0 Å². The first-order valence-electron chi connectivity index (χ1n) is 7.36. The molecule has 118 valence electrons. The molecule has 0 atom stereocenters. The van der Waals surface area contributed by atoms with Crippen molar-refractivity contribution in [2.24, 2.45) is 5.10 Å². The number of hydrogen-bond acceptors (Lipinski definition) is 6. The summed E-state index contributed by atoms with van der Waals surface area (Å²) in [6.45, 7) is 3.90. The van der Waals surface area contributed by atoms with Crippen LogP contribution in [-0.4, -0.2) is 70.5 Å². The Bertz CT molecular complexity index is 578. The molecule has 2 aliphatic rings. The molecule has 1 fully saturated rings. The number of piperazine rings is 1. The summed E-state index contributed by atoms with van der Waals surface area (Å²) >= 11 is 1.60. The third-order valence-electron chi connectivity index (χ3n) is 3.98. The predicted octanol–water partition coefficient (Wildman–Crippen LogP) is 0.395. The van der Waals surface area contributed by atoms with Crippen LogP contribution in [0.25, 0.3) is 0 Å². The molecule has 0 bridgehead atoms. The van der Waals surface area contributed by atoms with E-state index in [0.29, 0.717) is 31.6 Å². The van der Waals surface area contributed by atoms with Gasteiger partial charge in [-0.2, -0.15) is 5.10 Å². The molecule has 0 radical (unpaired) electrons. The van der Waals surface area contributed by atoms with Crippen LogP contribution in [0.4, 0.5) is 0 Å². The number of carbonyl (C=O) groups is 2. The van der Waals surface area contributed by atoms with Crippen molar-refractivity contribution >= 4 is 28.9 Å². The zero-order valence-corrected chi connectivity index (χ0v) is 13.4. The van der Waals surface area contributed by atoms with Crippen LogP contribution in [0.15, 0.2) is 16.0 Å². The molecule has 1 aromatic rings. The van der Waals surface area contributed by atoms with Crippen molar-refractivity contribution in [1.82, 2.24) is 19.8 Å². The summed E-state index contributed by atoms with van der Waals surface area (Å²) in [6, 6.07) is 0. The number of thiazole rings is 1. The van der Waals surface area contributed by atoms with Crippen LogP contribution in [0.2, 0.25) is 0 Å². The zero-order valence-electron chi connectivity index (χ0n) is 12.6. The van der Waals surface area contributed by atoms with E-state index in [1.807, 2.05) is 10.4 Å². The third-order valence-corrected chi connectivity index (χ3v) is 4.62. The van der Waals surface area contributed by atoms with Crippen molar-refractivity contribution in [3.63, 3.8) is 0 Å². The van der Waals surface area contributed by atoms with Crippen molar-refractivity contribution in [3.05, 3.63) is 16.6 Å². The normalized spacial score (nSPS) is 20.2. The fraction of sp³-hybridized carbons (Fsp3) is 0.571. The Balaban J connectivity index is 1.54. The van der Waals surface area contributed by atoms with E-state index in [0.717, 1.165) is 25.3 Å². The minimum atomic E-state index is -0.0374. The minimum absolute atomic E-state index is 0.0346. The van der Waals surface area contributed by atoms with Gasteiger partial charge in [0.25, 0.3) is 5.91 Å². The fourth-order valence-electron chi connectivity index (χ4n) is 2.66. The van der Waals surface area contributed by atoms with Crippen LogP contribution in [0, 0.1) is 0 Å². The fourth-order valence-corrected chi connectivity index (χ4v) is 3.21. The van der Waals surface area contributed by atoms with E-state index in [1.165, 1.54) is 5.01 Å². The first-order valence-corrected chi connectivity index (χ1v) is 8.30. The van der Waals surface area contributed by atoms with E-state index in [4.69, 9.17) is 0 Å². The Kier molecular flexibility index (Phi) is 4.49. The van der Waals surface area contributed by atoms with Crippen LogP contribution in [-0.2, 0) is 16.1 Å². The van der Waals surface area contributed by atoms with Crippen molar-refractivity contribution in [3.8, 4) is 0 Å². The van der Waals surface area contributed by atoms with Crippen molar-refractivity contribution in [2.75, 3.05) is 33.2 Å². The van der Waals surface area contributed by atoms with Crippen LogP contribution >= 0.6 is 11.3 Å². The van der Waals surface area contributed by atoms with Gasteiger partial charge in [0, 0.05) is 58.0 Å². The molecule has 3 rings (SSSR count). The molecule has 8 heteroatoms. The summed E-state index contributed by atoms with van der Waals surface area (Å²) in [7, 11) is 1.60. The summed E-state index contributed by atoms with van der Waals surface area (Å²) in [6.07, 6.45) is 0.811. The van der Waals surface area contributed by atoms with Crippen LogP contribution in [0.5, 0.6) is 0 Å². The number of nitrogens with zero attached hydrogens (tertiary/aromatic N) is 5. The predicted molar refractivity (Wildman–Crippen MR) is 83.4 cm³/mol. The molecule has 1 saturated heterocycles. The molecule has 0 N–H and O–H groups in total. The standard InChI is InChI=1S/C14H19N5O2S/c1-17-13(20)3-2-12(16-17)14(21)19-6-4-18(5-7-19)8-11-9-22-10-15-11/h9-10H,2-8H2,1H3. The summed E-state index contributed by atoms with van der Waals surface area (Å²) in [5.74, 6) is -0.0720. The number of carbonyl (C=O) groups excluding carboxylic acids is 2. The summed E-state index contributed by atoms with van der Waals surface area (Å²) in [5.41, 5.74) is 3.42. The van der Waals surface area contributed by atoms with Crippen LogP contribution in [0.3, 0.4) is 0 Å². The highest BCUT2D eigenvalue weighted by Gasteiger charge is 2.28. The lowest BCUT2D eigenvalue weighted by Gasteiger charge is -2.35. The van der Waals surface area contributed by atoms with Crippen molar-refractivity contribution < 1.29 is 9.59 Å². The van der Waals surface area contributed by atoms with E-state index < -0.39 is 0 Å². The molecule has 7 nitrogen and oxygen atoms in total. The van der Waals surface area contributed by atoms with Gasteiger partial charge in [0.2, 0.25) is 5.91 Å². The zero-order chi connectivity index (χ0) is 15.5. The number of hydrazone groups is 1. The van der Waals surface area contributed by atoms with Crippen LogP contribution < -0.4 is 0 Å². The molecule has 0 unspecified atom stereocenters. The maximum absolute atomic E-state index is 12.5. The van der Waals surface area contributed by atoms with Crippen molar-refractivity contribution in [2.45, 2.75) is 19.4 Å². The van der Waals surface area contributed by atoms with E-state index in [-0.39, 0.29) is 11.8 Å². The van der Waals surface area contributed by atoms with E-state index in [9.17, 15) is 9.59 Å². The second kappa shape index (κ2) is 6.53. The highest BCUT2D eigenvalue weighted by Crippen LogP contribution is 2.13. The van der Waals surface area contributed by atoms with Gasteiger partial charge in [0.15, 0.2) is 0 Å². The lowest BCUT2D eigenvalue weighted by molar-refractivity contribution is -0.131. The summed E-state index contributed by atoms with van der Waals surface area (Å²) in [4.78, 5) is 32.3. The highest BCUT2D eigenvalue weighted by molar-refractivity contribution is 7.07. The number of rotatable bonds is 3. The Hall–Kier alpha value is -1.80. The average molecular weight is 321 g/mol. The average Bonchev–Trinajstić information content (AvgIpc) is 3.03. The van der Waals surface area contributed by atoms with Gasteiger partial charge >= 0.3 is 0 Å². The molecule has 0 saturated carbocycles. The molecule has 0 aromatic carbocycles. The Labute approximate surface area is 133 Å². The number of hydrogen-bond donors (Lipinski definition) is 0. The topological polar surface area (TPSA) is 69.1 Å². The van der Waals surface area contributed by atoms with Gasteiger partial charge < -0.3 is 4.90 Å². The smallest absolute Gasteiger partial charge is 0.270 e. The van der Waals surface area contributed by atoms with Gasteiger partial charge in [-0.05, 0) is 0 Å². The minimum Gasteiger partial charge on any atom is -0.335 e. The monoisotopic (exact) mass is 321 g/mol. The number of amides is 2. The highest BCUT2D eigenvalue weighted by atomic mass is 32.1. The second-order valence-electron chi connectivity index (χ2n) is 5.51. The second-order valence-corrected chi connectivity index (χ2v) is 6.23. The molecule has 0 spiro atoms. The van der Waals surface area contributed by atoms with Gasteiger partial charge in [0.05, 0.1) is 11.2 Å². The van der Waals surface area contributed by atoms with E-state index in [2.05, 4.69) is 20.4 Å². The quantitative estimate of drug-likeness (QED) is 0.808. The maximum atomic E-state index is 12.5. The molecule has 0 aliphatic carbocycles. The first-order chi connectivity index (χ1) is 10.6. The van der Waals surface area contributed by atoms with Gasteiger partial charge in [-0.25, -0.2) is 9.99 Å². The van der Waals surface area contributed by atoms with Gasteiger partial charge in [-0.15, -0.1) is 11.3 Å². The molecular formula is C14H19N5O2S. The number of aromatic nitrogens is 1. The molecular weight excluding hydrogens is 302 g/mol. The third kappa shape index (κ3) is 3.33. The molecule has 2 aliphatic heterocycles. The summed E-state index contributed by atoms with van der Waals surface area (Å²) in [5, 5.41) is 7.43. The lowest BCUT2D eigenvalue weighted by atomic mass is 10.1. The summed E-state index contributed by atoms with van der Waals surface area (Å²) < 4.78 is 0. The Morgan fingerprint density at radius 1 is 1.27 bits per heavy atom. The van der Waals surface area contributed by atoms with Gasteiger partial charge in [-0.1, -0.05) is 0 Å². The SMILES string of the molecule is CN1N=C(C(=O)N2CCN(Cc3cscn3)CC2)CCC1=O. The molecule has 1 aromatic heterocycles.